The lowest BCUT2D eigenvalue weighted by Crippen LogP contribution is -2.34. The van der Waals surface area contributed by atoms with Gasteiger partial charge in [0.15, 0.2) is 0 Å². The SMILES string of the molecule is CC(C)NC(=O)Nc1ccc(NC(=O)c2cncc(Br)c2)cc1. The maximum atomic E-state index is 12.1. The molecule has 6 nitrogen and oxygen atoms in total. The number of nitrogens with zero attached hydrogens (tertiary/aromatic N) is 1. The van der Waals surface area contributed by atoms with Crippen LogP contribution in [-0.2, 0) is 0 Å². The van der Waals surface area contributed by atoms with Gasteiger partial charge in [0.25, 0.3) is 5.91 Å². The van der Waals surface area contributed by atoms with Crippen molar-refractivity contribution in [1.82, 2.24) is 10.3 Å². The predicted molar refractivity (Wildman–Crippen MR) is 93.6 cm³/mol. The number of rotatable bonds is 4. The molecule has 0 fully saturated rings. The van der Waals surface area contributed by atoms with E-state index in [1.54, 1.807) is 36.5 Å². The molecule has 0 saturated carbocycles. The normalized spacial score (nSPS) is 10.3. The largest absolute Gasteiger partial charge is 0.336 e. The Hall–Kier alpha value is -2.41. The number of benzene rings is 1. The Balaban J connectivity index is 1.97. The number of urea groups is 1. The zero-order chi connectivity index (χ0) is 16.8. The van der Waals surface area contributed by atoms with Crippen LogP contribution in [0.15, 0.2) is 47.2 Å². The zero-order valence-electron chi connectivity index (χ0n) is 12.8. The lowest BCUT2D eigenvalue weighted by molar-refractivity contribution is 0.102. The summed E-state index contributed by atoms with van der Waals surface area (Å²) in [6.45, 7) is 3.77. The number of hydrogen-bond acceptors (Lipinski definition) is 3. The monoisotopic (exact) mass is 376 g/mol. The van der Waals surface area contributed by atoms with E-state index in [4.69, 9.17) is 0 Å². The molecule has 2 rings (SSSR count). The fourth-order valence-corrected chi connectivity index (χ4v) is 2.17. The molecule has 1 heterocycles. The highest BCUT2D eigenvalue weighted by Gasteiger charge is 2.08. The quantitative estimate of drug-likeness (QED) is 0.761. The van der Waals surface area contributed by atoms with Gasteiger partial charge >= 0.3 is 6.03 Å². The second kappa shape index (κ2) is 7.73. The zero-order valence-corrected chi connectivity index (χ0v) is 14.3. The summed E-state index contributed by atoms with van der Waals surface area (Å²) in [5.74, 6) is -0.253. The molecule has 0 spiro atoms. The van der Waals surface area contributed by atoms with Gasteiger partial charge in [-0.05, 0) is 60.1 Å². The van der Waals surface area contributed by atoms with Crippen LogP contribution in [0, 0.1) is 0 Å². The van der Waals surface area contributed by atoms with Gasteiger partial charge in [-0.2, -0.15) is 0 Å². The Kier molecular flexibility index (Phi) is 5.70. The predicted octanol–water partition coefficient (Wildman–Crippen LogP) is 3.63. The standard InChI is InChI=1S/C16H17BrN4O2/c1-10(2)19-16(23)21-14-5-3-13(4-6-14)20-15(22)11-7-12(17)9-18-8-11/h3-10H,1-2H3,(H,20,22)(H2,19,21,23). The minimum atomic E-state index is -0.267. The topological polar surface area (TPSA) is 83.1 Å². The van der Waals surface area contributed by atoms with Crippen molar-refractivity contribution in [2.24, 2.45) is 0 Å². The minimum absolute atomic E-state index is 0.0624. The van der Waals surface area contributed by atoms with E-state index in [-0.39, 0.29) is 18.0 Å². The number of carbonyl (C=O) groups excluding carboxylic acids is 2. The third-order valence-electron chi connectivity index (χ3n) is 2.79. The molecule has 0 unspecified atom stereocenters. The first-order valence-corrected chi connectivity index (χ1v) is 7.83. The Bertz CT molecular complexity index is 701. The summed E-state index contributed by atoms with van der Waals surface area (Å²) in [7, 11) is 0. The van der Waals surface area contributed by atoms with Gasteiger partial charge in [-0.1, -0.05) is 0 Å². The molecule has 3 N–H and O–H groups in total. The van der Waals surface area contributed by atoms with Crippen LogP contribution in [0.5, 0.6) is 0 Å². The van der Waals surface area contributed by atoms with Crippen molar-refractivity contribution in [3.05, 3.63) is 52.8 Å². The van der Waals surface area contributed by atoms with Crippen LogP contribution in [-0.4, -0.2) is 23.0 Å². The number of hydrogen-bond donors (Lipinski definition) is 3. The van der Waals surface area contributed by atoms with Gasteiger partial charge in [-0.3, -0.25) is 9.78 Å². The van der Waals surface area contributed by atoms with Gasteiger partial charge in [0.2, 0.25) is 0 Å². The molecule has 3 amide bonds. The van der Waals surface area contributed by atoms with E-state index < -0.39 is 0 Å². The number of pyridine rings is 1. The summed E-state index contributed by atoms with van der Waals surface area (Å²) in [4.78, 5) is 27.7. The van der Waals surface area contributed by atoms with Gasteiger partial charge in [-0.25, -0.2) is 4.79 Å². The van der Waals surface area contributed by atoms with Crippen molar-refractivity contribution in [3.8, 4) is 0 Å². The summed E-state index contributed by atoms with van der Waals surface area (Å²) < 4.78 is 0.737. The number of nitrogens with one attached hydrogen (secondary N) is 3. The molecule has 0 aliphatic carbocycles. The van der Waals surface area contributed by atoms with E-state index in [1.807, 2.05) is 13.8 Å². The smallest absolute Gasteiger partial charge is 0.319 e. The summed E-state index contributed by atoms with van der Waals surface area (Å²) in [5.41, 5.74) is 1.73. The highest BCUT2D eigenvalue weighted by Crippen LogP contribution is 2.16. The molecule has 1 aromatic carbocycles. The molecule has 0 saturated heterocycles. The highest BCUT2D eigenvalue weighted by molar-refractivity contribution is 9.10. The van der Waals surface area contributed by atoms with Crippen LogP contribution < -0.4 is 16.0 Å². The van der Waals surface area contributed by atoms with Crippen molar-refractivity contribution < 1.29 is 9.59 Å². The summed E-state index contributed by atoms with van der Waals surface area (Å²) in [6.07, 6.45) is 3.10. The van der Waals surface area contributed by atoms with Gasteiger partial charge in [0, 0.05) is 34.3 Å². The summed E-state index contributed by atoms with van der Waals surface area (Å²) in [5, 5.41) is 8.22. The molecule has 0 atom stereocenters. The van der Waals surface area contributed by atoms with Crippen molar-refractivity contribution >= 4 is 39.2 Å². The maximum absolute atomic E-state index is 12.1. The van der Waals surface area contributed by atoms with E-state index in [0.717, 1.165) is 4.47 Å². The Morgan fingerprint density at radius 2 is 1.65 bits per heavy atom. The van der Waals surface area contributed by atoms with Crippen LogP contribution in [0.1, 0.15) is 24.2 Å². The molecule has 0 aliphatic rings. The third-order valence-corrected chi connectivity index (χ3v) is 3.22. The molecule has 0 bridgehead atoms. The Morgan fingerprint density at radius 3 is 2.22 bits per heavy atom. The first kappa shape index (κ1) is 17.0. The third kappa shape index (κ3) is 5.37. The van der Waals surface area contributed by atoms with E-state index in [2.05, 4.69) is 36.9 Å². The van der Waals surface area contributed by atoms with Crippen molar-refractivity contribution in [1.29, 1.82) is 0 Å². The second-order valence-electron chi connectivity index (χ2n) is 5.18. The lowest BCUT2D eigenvalue weighted by Gasteiger charge is -2.11. The van der Waals surface area contributed by atoms with Gasteiger partial charge in [0.05, 0.1) is 5.56 Å². The van der Waals surface area contributed by atoms with Crippen molar-refractivity contribution in [2.75, 3.05) is 10.6 Å². The Labute approximate surface area is 142 Å². The maximum Gasteiger partial charge on any atom is 0.319 e. The number of amides is 3. The number of aromatic nitrogens is 1. The number of anilines is 2. The summed E-state index contributed by atoms with van der Waals surface area (Å²) in [6, 6.07) is 8.35. The van der Waals surface area contributed by atoms with Gasteiger partial charge in [-0.15, -0.1) is 0 Å². The first-order valence-electron chi connectivity index (χ1n) is 7.03. The van der Waals surface area contributed by atoms with Crippen LogP contribution in [0.25, 0.3) is 0 Å². The van der Waals surface area contributed by atoms with E-state index in [9.17, 15) is 9.59 Å². The average molecular weight is 377 g/mol. The molecule has 120 valence electrons. The molecule has 7 heteroatoms. The van der Waals surface area contributed by atoms with Crippen LogP contribution in [0.4, 0.5) is 16.2 Å². The van der Waals surface area contributed by atoms with E-state index >= 15 is 0 Å². The first-order chi connectivity index (χ1) is 10.9. The molecular weight excluding hydrogens is 360 g/mol. The van der Waals surface area contributed by atoms with E-state index in [1.165, 1.54) is 6.20 Å². The molecule has 0 radical (unpaired) electrons. The summed E-state index contributed by atoms with van der Waals surface area (Å²) >= 11 is 3.28. The van der Waals surface area contributed by atoms with Crippen LogP contribution in [0.3, 0.4) is 0 Å². The molecule has 23 heavy (non-hydrogen) atoms. The highest BCUT2D eigenvalue weighted by atomic mass is 79.9. The fraction of sp³-hybridized carbons (Fsp3) is 0.188. The number of carbonyl (C=O) groups is 2. The van der Waals surface area contributed by atoms with Gasteiger partial charge in [0.1, 0.15) is 0 Å². The molecule has 0 aliphatic heterocycles. The number of halogens is 1. The van der Waals surface area contributed by atoms with Crippen molar-refractivity contribution in [2.45, 2.75) is 19.9 Å². The lowest BCUT2D eigenvalue weighted by atomic mass is 10.2. The van der Waals surface area contributed by atoms with Crippen molar-refractivity contribution in [3.63, 3.8) is 0 Å². The fourth-order valence-electron chi connectivity index (χ4n) is 1.81. The van der Waals surface area contributed by atoms with Crippen LogP contribution >= 0.6 is 15.9 Å². The molecular formula is C16H17BrN4O2. The second-order valence-corrected chi connectivity index (χ2v) is 6.09. The molecule has 2 aromatic rings. The Morgan fingerprint density at radius 1 is 1.04 bits per heavy atom. The van der Waals surface area contributed by atoms with Gasteiger partial charge < -0.3 is 16.0 Å². The molecule has 1 aromatic heterocycles. The van der Waals surface area contributed by atoms with E-state index in [0.29, 0.717) is 16.9 Å². The minimum Gasteiger partial charge on any atom is -0.336 e. The average Bonchev–Trinajstić information content (AvgIpc) is 2.48. The van der Waals surface area contributed by atoms with Crippen LogP contribution in [0.2, 0.25) is 0 Å².